The van der Waals surface area contributed by atoms with Crippen LogP contribution >= 0.6 is 0 Å². The van der Waals surface area contributed by atoms with Crippen LogP contribution < -0.4 is 29.6 Å². The molecule has 2 atom stereocenters. The number of hydrogen-bond donors (Lipinski definition) is 0. The van der Waals surface area contributed by atoms with Gasteiger partial charge >= 0.3 is 29.6 Å². The number of hydrogen-bond acceptors (Lipinski definition) is 3. The van der Waals surface area contributed by atoms with Crippen molar-refractivity contribution in [3.05, 3.63) is 41.5 Å². The molecule has 0 amide bonds. The summed E-state index contributed by atoms with van der Waals surface area (Å²) in [5.74, 6) is 0.523. The Morgan fingerprint density at radius 2 is 1.52 bits per heavy atom. The van der Waals surface area contributed by atoms with Gasteiger partial charge in [0.2, 0.25) is 0 Å². The standard InChI is InChI=1S/C18H24O3S.Na/c1-5-12(3)15-8-7-9-16-17(13(4)6-2)10-14(11-18(15)16)22(19,20)21;/h7-13H,5-6H2,1-4H3,(H,19,20,21);/q;+1/p-1. The van der Waals surface area contributed by atoms with Crippen LogP contribution in [0.3, 0.4) is 0 Å². The summed E-state index contributed by atoms with van der Waals surface area (Å²) in [4.78, 5) is -0.119. The predicted molar refractivity (Wildman–Crippen MR) is 89.3 cm³/mol. The largest absolute Gasteiger partial charge is 1.00 e. The quantitative estimate of drug-likeness (QED) is 0.615. The summed E-state index contributed by atoms with van der Waals surface area (Å²) in [7, 11) is -4.46. The van der Waals surface area contributed by atoms with Crippen LogP contribution in [0.2, 0.25) is 0 Å². The molecule has 0 heterocycles. The first-order valence-electron chi connectivity index (χ1n) is 7.82. The molecule has 0 aliphatic carbocycles. The maximum Gasteiger partial charge on any atom is 1.00 e. The molecule has 0 spiro atoms. The number of benzene rings is 2. The Morgan fingerprint density at radius 1 is 0.957 bits per heavy atom. The molecule has 0 aliphatic heterocycles. The molecule has 0 N–H and O–H groups in total. The van der Waals surface area contributed by atoms with Crippen molar-refractivity contribution in [3.8, 4) is 0 Å². The molecule has 0 saturated carbocycles. The third-order valence-corrected chi connectivity index (χ3v) is 5.42. The van der Waals surface area contributed by atoms with Crippen molar-refractivity contribution in [2.75, 3.05) is 0 Å². The van der Waals surface area contributed by atoms with E-state index >= 15 is 0 Å². The van der Waals surface area contributed by atoms with Crippen LogP contribution in [0.5, 0.6) is 0 Å². The third kappa shape index (κ3) is 4.37. The second-order valence-electron chi connectivity index (χ2n) is 6.03. The smallest absolute Gasteiger partial charge is 0.744 e. The minimum Gasteiger partial charge on any atom is -0.744 e. The summed E-state index contributed by atoms with van der Waals surface area (Å²) in [6, 6.07) is 9.16. The Balaban J connectivity index is 0.00000264. The Labute approximate surface area is 161 Å². The van der Waals surface area contributed by atoms with E-state index in [0.29, 0.717) is 5.92 Å². The van der Waals surface area contributed by atoms with Gasteiger partial charge in [0.15, 0.2) is 0 Å². The fourth-order valence-corrected chi connectivity index (χ4v) is 3.37. The fraction of sp³-hybridized carbons (Fsp3) is 0.444. The van der Waals surface area contributed by atoms with Gasteiger partial charge in [-0.1, -0.05) is 45.9 Å². The molecule has 0 aliphatic rings. The molecule has 2 aromatic carbocycles. The van der Waals surface area contributed by atoms with Crippen molar-refractivity contribution < 1.29 is 42.5 Å². The van der Waals surface area contributed by atoms with Crippen molar-refractivity contribution in [2.45, 2.75) is 57.3 Å². The van der Waals surface area contributed by atoms with Crippen LogP contribution in [0.4, 0.5) is 0 Å². The second kappa shape index (κ2) is 8.13. The van der Waals surface area contributed by atoms with Crippen molar-refractivity contribution in [1.29, 1.82) is 0 Å². The van der Waals surface area contributed by atoms with Gasteiger partial charge in [0.25, 0.3) is 0 Å². The summed E-state index contributed by atoms with van der Waals surface area (Å²) in [6.45, 7) is 8.35. The molecular formula is C18H23NaO3S. The van der Waals surface area contributed by atoms with Gasteiger partial charge in [0.05, 0.1) is 4.90 Å². The normalized spacial score (nSPS) is 14.3. The average molecular weight is 342 g/mol. The number of fused-ring (bicyclic) bond motifs is 1. The van der Waals surface area contributed by atoms with Crippen molar-refractivity contribution in [1.82, 2.24) is 0 Å². The molecule has 0 bridgehead atoms. The van der Waals surface area contributed by atoms with E-state index in [1.54, 1.807) is 12.1 Å². The molecule has 2 unspecified atom stereocenters. The van der Waals surface area contributed by atoms with Crippen LogP contribution in [-0.2, 0) is 10.1 Å². The Kier molecular flexibility index (Phi) is 7.30. The van der Waals surface area contributed by atoms with Gasteiger partial charge < -0.3 is 4.55 Å². The summed E-state index contributed by atoms with van der Waals surface area (Å²) >= 11 is 0. The molecule has 0 fully saturated rings. The molecule has 120 valence electrons. The number of rotatable bonds is 5. The predicted octanol–water partition coefficient (Wildman–Crippen LogP) is 1.77. The molecule has 0 saturated heterocycles. The van der Waals surface area contributed by atoms with Gasteiger partial charge in [-0.25, -0.2) is 8.42 Å². The minimum atomic E-state index is -4.46. The zero-order valence-electron chi connectivity index (χ0n) is 14.6. The van der Waals surface area contributed by atoms with Crippen molar-refractivity contribution in [2.24, 2.45) is 0 Å². The summed E-state index contributed by atoms with van der Waals surface area (Å²) in [6.07, 6.45) is 1.86. The van der Waals surface area contributed by atoms with E-state index in [1.807, 2.05) is 18.2 Å². The van der Waals surface area contributed by atoms with E-state index in [0.717, 1.165) is 34.7 Å². The van der Waals surface area contributed by atoms with Gasteiger partial charge in [0.1, 0.15) is 10.1 Å². The van der Waals surface area contributed by atoms with Crippen LogP contribution in [0.15, 0.2) is 35.2 Å². The Morgan fingerprint density at radius 3 is 2.04 bits per heavy atom. The van der Waals surface area contributed by atoms with Crippen molar-refractivity contribution >= 4 is 20.9 Å². The second-order valence-corrected chi connectivity index (χ2v) is 7.41. The monoisotopic (exact) mass is 342 g/mol. The zero-order chi connectivity index (χ0) is 16.5. The SMILES string of the molecule is CCC(C)c1cc(S(=O)(=O)[O-])cc2c(C(C)CC)cccc12.[Na+]. The van der Waals surface area contributed by atoms with E-state index in [4.69, 9.17) is 0 Å². The first kappa shape index (κ1) is 20.7. The zero-order valence-corrected chi connectivity index (χ0v) is 17.4. The Hall–Kier alpha value is -0.390. The third-order valence-electron chi connectivity index (χ3n) is 4.61. The summed E-state index contributed by atoms with van der Waals surface area (Å²) in [5, 5.41) is 1.95. The summed E-state index contributed by atoms with van der Waals surface area (Å²) < 4.78 is 34.6. The molecule has 2 rings (SSSR count). The topological polar surface area (TPSA) is 57.2 Å². The molecule has 0 radical (unpaired) electrons. The Bertz CT molecular complexity index is 784. The van der Waals surface area contributed by atoms with Gasteiger partial charge in [-0.05, 0) is 58.7 Å². The van der Waals surface area contributed by atoms with E-state index < -0.39 is 10.1 Å². The maximum absolute atomic E-state index is 11.5. The molecule has 5 heteroatoms. The molecular weight excluding hydrogens is 319 g/mol. The van der Waals surface area contributed by atoms with Gasteiger partial charge in [0, 0.05) is 0 Å². The minimum absolute atomic E-state index is 0. The van der Waals surface area contributed by atoms with E-state index in [1.165, 1.54) is 0 Å². The first-order chi connectivity index (χ1) is 10.3. The molecule has 3 nitrogen and oxygen atoms in total. The van der Waals surface area contributed by atoms with Crippen LogP contribution in [-0.4, -0.2) is 13.0 Å². The van der Waals surface area contributed by atoms with E-state index in [2.05, 4.69) is 27.7 Å². The molecule has 23 heavy (non-hydrogen) atoms. The fourth-order valence-electron chi connectivity index (χ4n) is 2.83. The molecule has 2 aromatic rings. The van der Waals surface area contributed by atoms with Crippen LogP contribution in [0.1, 0.15) is 63.5 Å². The van der Waals surface area contributed by atoms with Crippen molar-refractivity contribution in [3.63, 3.8) is 0 Å². The van der Waals surface area contributed by atoms with E-state index in [9.17, 15) is 13.0 Å². The van der Waals surface area contributed by atoms with Crippen LogP contribution in [0, 0.1) is 0 Å². The average Bonchev–Trinajstić information content (AvgIpc) is 2.50. The van der Waals surface area contributed by atoms with Gasteiger partial charge in [-0.2, -0.15) is 0 Å². The van der Waals surface area contributed by atoms with E-state index in [-0.39, 0.29) is 40.4 Å². The van der Waals surface area contributed by atoms with Gasteiger partial charge in [-0.3, -0.25) is 0 Å². The van der Waals surface area contributed by atoms with Gasteiger partial charge in [-0.15, -0.1) is 0 Å². The summed E-state index contributed by atoms with van der Waals surface area (Å²) in [5.41, 5.74) is 2.05. The maximum atomic E-state index is 11.5. The first-order valence-corrected chi connectivity index (χ1v) is 9.22. The van der Waals surface area contributed by atoms with Crippen LogP contribution in [0.25, 0.3) is 10.8 Å². The molecule has 0 aromatic heterocycles.